The summed E-state index contributed by atoms with van der Waals surface area (Å²) in [5.74, 6) is 0.219. The summed E-state index contributed by atoms with van der Waals surface area (Å²) in [6, 6.07) is 15.1. The molecule has 0 bridgehead atoms. The Labute approximate surface area is 129 Å². The fourth-order valence-electron chi connectivity index (χ4n) is 3.07. The Balaban J connectivity index is 2.02. The zero-order valence-electron chi connectivity index (χ0n) is 12.5. The molecule has 0 unspecified atom stereocenters. The van der Waals surface area contributed by atoms with E-state index in [1.807, 2.05) is 31.2 Å². The minimum atomic E-state index is -0.351. The van der Waals surface area contributed by atoms with E-state index in [-0.39, 0.29) is 22.6 Å². The molecule has 1 N–H and O–H groups in total. The molecule has 1 heterocycles. The van der Waals surface area contributed by atoms with Gasteiger partial charge in [-0.05, 0) is 30.5 Å². The second-order valence-electron chi connectivity index (χ2n) is 5.79. The van der Waals surface area contributed by atoms with Crippen LogP contribution < -0.4 is 5.32 Å². The van der Waals surface area contributed by atoms with Crippen molar-refractivity contribution in [3.05, 3.63) is 81.9 Å². The first-order chi connectivity index (χ1) is 10.6. The molecule has 4 nitrogen and oxygen atoms in total. The van der Waals surface area contributed by atoms with Gasteiger partial charge in [-0.1, -0.05) is 42.5 Å². The average molecular weight is 294 g/mol. The van der Waals surface area contributed by atoms with Crippen molar-refractivity contribution in [1.29, 1.82) is 0 Å². The lowest BCUT2D eigenvalue weighted by atomic mass is 9.80. The van der Waals surface area contributed by atoms with Crippen molar-refractivity contribution in [2.75, 3.05) is 5.32 Å². The van der Waals surface area contributed by atoms with Crippen molar-refractivity contribution in [2.45, 2.75) is 19.4 Å². The molecule has 2 atom stereocenters. The molecule has 0 radical (unpaired) electrons. The van der Waals surface area contributed by atoms with E-state index in [9.17, 15) is 10.1 Å². The van der Waals surface area contributed by atoms with Crippen molar-refractivity contribution in [1.82, 2.24) is 0 Å². The number of nitrogens with zero attached hydrogens (tertiary/aromatic N) is 1. The lowest BCUT2D eigenvalue weighted by Crippen LogP contribution is -2.28. The Morgan fingerprint density at radius 2 is 2.05 bits per heavy atom. The normalized spacial score (nSPS) is 19.9. The molecule has 2 aromatic carbocycles. The summed E-state index contributed by atoms with van der Waals surface area (Å²) >= 11 is 0. The van der Waals surface area contributed by atoms with E-state index in [1.165, 1.54) is 11.6 Å². The lowest BCUT2D eigenvalue weighted by molar-refractivity contribution is -0.384. The van der Waals surface area contributed by atoms with Gasteiger partial charge >= 0.3 is 0 Å². The predicted octanol–water partition coefficient (Wildman–Crippen LogP) is 4.50. The van der Waals surface area contributed by atoms with Crippen molar-refractivity contribution < 1.29 is 4.92 Å². The molecule has 0 amide bonds. The number of nitro groups is 1. The molecule has 22 heavy (non-hydrogen) atoms. The monoisotopic (exact) mass is 294 g/mol. The summed E-state index contributed by atoms with van der Waals surface area (Å²) in [4.78, 5) is 10.7. The Kier molecular flexibility index (Phi) is 3.67. The largest absolute Gasteiger partial charge is 0.377 e. The average Bonchev–Trinajstić information content (AvgIpc) is 2.53. The van der Waals surface area contributed by atoms with Crippen LogP contribution in [0.3, 0.4) is 0 Å². The quantitative estimate of drug-likeness (QED) is 0.515. The summed E-state index contributed by atoms with van der Waals surface area (Å²) < 4.78 is 0. The summed E-state index contributed by atoms with van der Waals surface area (Å²) in [6.07, 6.45) is 0.895. The number of fused-ring (bicyclic) bond motifs is 1. The standard InChI is InChI=1S/C18H18N2O2/c1-12(2)16-11-13-6-3-4-9-17(13)19-18(16)14-7-5-8-15(10-14)20(21)22/h3-10,16,18-19H,1,11H2,2H3/t16-,18-/m0/s1. The van der Waals surface area contributed by atoms with E-state index in [2.05, 4.69) is 18.0 Å². The molecular weight excluding hydrogens is 276 g/mol. The molecule has 0 saturated carbocycles. The Bertz CT molecular complexity index is 739. The van der Waals surface area contributed by atoms with Crippen molar-refractivity contribution in [3.8, 4) is 0 Å². The number of hydrogen-bond acceptors (Lipinski definition) is 3. The van der Waals surface area contributed by atoms with Gasteiger partial charge in [0.2, 0.25) is 0 Å². The minimum Gasteiger partial charge on any atom is -0.377 e. The van der Waals surface area contributed by atoms with Gasteiger partial charge in [-0.25, -0.2) is 0 Å². The van der Waals surface area contributed by atoms with E-state index >= 15 is 0 Å². The smallest absolute Gasteiger partial charge is 0.269 e. The van der Waals surface area contributed by atoms with E-state index in [0.29, 0.717) is 0 Å². The van der Waals surface area contributed by atoms with Crippen molar-refractivity contribution in [3.63, 3.8) is 0 Å². The summed E-state index contributed by atoms with van der Waals surface area (Å²) in [5, 5.41) is 14.5. The topological polar surface area (TPSA) is 55.2 Å². The number of benzene rings is 2. The zero-order valence-corrected chi connectivity index (χ0v) is 12.5. The van der Waals surface area contributed by atoms with Gasteiger partial charge in [-0.3, -0.25) is 10.1 Å². The molecule has 4 heteroatoms. The second-order valence-corrected chi connectivity index (χ2v) is 5.79. The highest BCUT2D eigenvalue weighted by Gasteiger charge is 2.30. The maximum Gasteiger partial charge on any atom is 0.269 e. The molecule has 2 aromatic rings. The number of nitro benzene ring substituents is 1. The van der Waals surface area contributed by atoms with Gasteiger partial charge in [-0.15, -0.1) is 0 Å². The Morgan fingerprint density at radius 3 is 2.77 bits per heavy atom. The number of nitrogens with one attached hydrogen (secondary N) is 1. The molecular formula is C18H18N2O2. The van der Waals surface area contributed by atoms with E-state index in [1.54, 1.807) is 12.1 Å². The van der Waals surface area contributed by atoms with Gasteiger partial charge in [0.15, 0.2) is 0 Å². The van der Waals surface area contributed by atoms with Gasteiger partial charge in [0.1, 0.15) is 0 Å². The van der Waals surface area contributed by atoms with E-state index < -0.39 is 0 Å². The first kappa shape index (κ1) is 14.3. The fraction of sp³-hybridized carbons (Fsp3) is 0.222. The fourth-order valence-corrected chi connectivity index (χ4v) is 3.07. The molecule has 0 fully saturated rings. The van der Waals surface area contributed by atoms with Crippen LogP contribution in [0.1, 0.15) is 24.1 Å². The molecule has 112 valence electrons. The third-order valence-electron chi connectivity index (χ3n) is 4.24. The third kappa shape index (κ3) is 2.60. The minimum absolute atomic E-state index is 0.00676. The maximum absolute atomic E-state index is 11.0. The van der Waals surface area contributed by atoms with Gasteiger partial charge in [0.05, 0.1) is 11.0 Å². The molecule has 0 aromatic heterocycles. The van der Waals surface area contributed by atoms with Crippen LogP contribution in [0.2, 0.25) is 0 Å². The number of anilines is 1. The molecule has 0 saturated heterocycles. The lowest BCUT2D eigenvalue weighted by Gasteiger charge is -2.35. The van der Waals surface area contributed by atoms with Crippen LogP contribution in [0.5, 0.6) is 0 Å². The van der Waals surface area contributed by atoms with Crippen LogP contribution in [0, 0.1) is 16.0 Å². The van der Waals surface area contributed by atoms with Crippen molar-refractivity contribution >= 4 is 11.4 Å². The predicted molar refractivity (Wildman–Crippen MR) is 87.9 cm³/mol. The number of para-hydroxylation sites is 1. The first-order valence-electron chi connectivity index (χ1n) is 7.30. The molecule has 0 aliphatic carbocycles. The summed E-state index contributed by atoms with van der Waals surface area (Å²) in [6.45, 7) is 6.13. The van der Waals surface area contributed by atoms with Crippen LogP contribution in [0.4, 0.5) is 11.4 Å². The van der Waals surface area contributed by atoms with Crippen molar-refractivity contribution in [2.24, 2.45) is 5.92 Å². The molecule has 0 spiro atoms. The maximum atomic E-state index is 11.0. The SMILES string of the molecule is C=C(C)[C@@H]1Cc2ccccc2N[C@H]1c1cccc([N+](=O)[O-])c1. The van der Waals surface area contributed by atoms with E-state index in [0.717, 1.165) is 23.2 Å². The Morgan fingerprint density at radius 1 is 1.27 bits per heavy atom. The molecule has 1 aliphatic heterocycles. The first-order valence-corrected chi connectivity index (χ1v) is 7.30. The van der Waals surface area contributed by atoms with Crippen LogP contribution in [0.15, 0.2) is 60.7 Å². The molecule has 1 aliphatic rings. The van der Waals surface area contributed by atoms with Crippen LogP contribution in [-0.4, -0.2) is 4.92 Å². The van der Waals surface area contributed by atoms with Crippen LogP contribution in [0.25, 0.3) is 0 Å². The highest BCUT2D eigenvalue weighted by Crippen LogP contribution is 2.40. The molecule has 3 rings (SSSR count). The number of hydrogen-bond donors (Lipinski definition) is 1. The highest BCUT2D eigenvalue weighted by atomic mass is 16.6. The van der Waals surface area contributed by atoms with Crippen LogP contribution in [-0.2, 0) is 6.42 Å². The highest BCUT2D eigenvalue weighted by molar-refractivity contribution is 5.56. The van der Waals surface area contributed by atoms with Gasteiger partial charge in [-0.2, -0.15) is 0 Å². The van der Waals surface area contributed by atoms with Gasteiger partial charge < -0.3 is 5.32 Å². The summed E-state index contributed by atoms with van der Waals surface area (Å²) in [7, 11) is 0. The van der Waals surface area contributed by atoms with Crippen LogP contribution >= 0.6 is 0 Å². The second kappa shape index (κ2) is 5.64. The van der Waals surface area contributed by atoms with Gasteiger partial charge in [0.25, 0.3) is 5.69 Å². The number of rotatable bonds is 3. The summed E-state index contributed by atoms with van der Waals surface area (Å²) in [5.41, 5.74) is 4.49. The Hall–Kier alpha value is -2.62. The zero-order chi connectivity index (χ0) is 15.7. The number of non-ortho nitro benzene ring substituents is 1. The van der Waals surface area contributed by atoms with E-state index in [4.69, 9.17) is 0 Å². The van der Waals surface area contributed by atoms with Gasteiger partial charge in [0, 0.05) is 23.7 Å². The third-order valence-corrected chi connectivity index (χ3v) is 4.24.